The molecule has 1 heterocycles. The van der Waals surface area contributed by atoms with Gasteiger partial charge in [-0.2, -0.15) is 5.26 Å². The second kappa shape index (κ2) is 5.96. The molecule has 0 aliphatic rings. The lowest BCUT2D eigenvalue weighted by molar-refractivity contribution is 0.386. The van der Waals surface area contributed by atoms with Crippen LogP contribution in [0.3, 0.4) is 0 Å². The largest absolute Gasteiger partial charge is 0.494 e. The van der Waals surface area contributed by atoms with E-state index in [1.165, 1.54) is 13.2 Å². The number of pyridine rings is 1. The van der Waals surface area contributed by atoms with E-state index in [0.717, 1.165) is 5.56 Å². The van der Waals surface area contributed by atoms with E-state index < -0.39 is 5.82 Å². The molecule has 2 rings (SSSR count). The van der Waals surface area contributed by atoms with Crippen molar-refractivity contribution in [1.29, 1.82) is 5.26 Å². The van der Waals surface area contributed by atoms with E-state index in [9.17, 15) is 9.65 Å². The van der Waals surface area contributed by atoms with E-state index in [4.69, 9.17) is 4.74 Å². The van der Waals surface area contributed by atoms with E-state index >= 15 is 0 Å². The minimum atomic E-state index is -0.449. The highest BCUT2D eigenvalue weighted by Gasteiger charge is 2.14. The zero-order valence-electron chi connectivity index (χ0n) is 10.5. The van der Waals surface area contributed by atoms with Crippen LogP contribution in [0.4, 0.5) is 4.39 Å². The van der Waals surface area contributed by atoms with E-state index in [1.807, 2.05) is 12.1 Å². The molecule has 0 N–H and O–H groups in total. The number of halogens is 1. The van der Waals surface area contributed by atoms with Crippen LogP contribution in [0.2, 0.25) is 0 Å². The summed E-state index contributed by atoms with van der Waals surface area (Å²) in [6.45, 7) is 0. The fraction of sp³-hybridized carbons (Fsp3) is 0.200. The van der Waals surface area contributed by atoms with Crippen LogP contribution in [-0.2, 0) is 6.42 Å². The molecule has 0 saturated carbocycles. The lowest BCUT2D eigenvalue weighted by atomic mass is 9.93. The van der Waals surface area contributed by atoms with Crippen molar-refractivity contribution in [3.05, 3.63) is 59.7 Å². The van der Waals surface area contributed by atoms with Gasteiger partial charge in [-0.15, -0.1) is 0 Å². The first kappa shape index (κ1) is 13.0. The molecule has 0 amide bonds. The minimum Gasteiger partial charge on any atom is -0.494 e. The van der Waals surface area contributed by atoms with Gasteiger partial charge in [0.25, 0.3) is 0 Å². The Hall–Kier alpha value is -2.41. The molecule has 0 spiro atoms. The molecule has 3 nitrogen and oxygen atoms in total. The third-order valence-corrected chi connectivity index (χ3v) is 2.92. The predicted molar refractivity (Wildman–Crippen MR) is 69.2 cm³/mol. The number of benzene rings is 1. The van der Waals surface area contributed by atoms with Crippen molar-refractivity contribution in [3.63, 3.8) is 0 Å². The van der Waals surface area contributed by atoms with Crippen molar-refractivity contribution >= 4 is 0 Å². The summed E-state index contributed by atoms with van der Waals surface area (Å²) in [7, 11) is 1.41. The molecule has 0 fully saturated rings. The summed E-state index contributed by atoms with van der Waals surface area (Å²) in [6, 6.07) is 10.5. The van der Waals surface area contributed by atoms with Crippen molar-refractivity contribution in [1.82, 2.24) is 4.98 Å². The molecule has 2 aromatic rings. The molecule has 4 heteroatoms. The monoisotopic (exact) mass is 256 g/mol. The Labute approximate surface area is 111 Å². The Morgan fingerprint density at radius 3 is 2.63 bits per heavy atom. The summed E-state index contributed by atoms with van der Waals surface area (Å²) in [5.74, 6) is -0.651. The highest BCUT2D eigenvalue weighted by molar-refractivity contribution is 5.34. The molecule has 1 aromatic heterocycles. The smallest absolute Gasteiger partial charge is 0.165 e. The topological polar surface area (TPSA) is 45.9 Å². The lowest BCUT2D eigenvalue weighted by Gasteiger charge is -2.11. The molecule has 0 aliphatic heterocycles. The Kier molecular flexibility index (Phi) is 4.09. The van der Waals surface area contributed by atoms with Gasteiger partial charge in [0.05, 0.1) is 19.1 Å². The van der Waals surface area contributed by atoms with Crippen molar-refractivity contribution in [2.24, 2.45) is 0 Å². The van der Waals surface area contributed by atoms with Gasteiger partial charge < -0.3 is 4.74 Å². The van der Waals surface area contributed by atoms with Crippen LogP contribution in [0.1, 0.15) is 17.0 Å². The van der Waals surface area contributed by atoms with Crippen LogP contribution in [-0.4, -0.2) is 12.1 Å². The van der Waals surface area contributed by atoms with Gasteiger partial charge in [0.2, 0.25) is 0 Å². The first-order valence-electron chi connectivity index (χ1n) is 5.86. The molecule has 96 valence electrons. The molecule has 0 aliphatic carbocycles. The van der Waals surface area contributed by atoms with Crippen LogP contribution >= 0.6 is 0 Å². The number of hydrogen-bond donors (Lipinski definition) is 0. The van der Waals surface area contributed by atoms with Crippen molar-refractivity contribution in [3.8, 4) is 11.8 Å². The average Bonchev–Trinajstić information content (AvgIpc) is 2.46. The van der Waals surface area contributed by atoms with Gasteiger partial charge in [0, 0.05) is 12.4 Å². The zero-order chi connectivity index (χ0) is 13.7. The van der Waals surface area contributed by atoms with E-state index in [1.54, 1.807) is 24.5 Å². The van der Waals surface area contributed by atoms with Gasteiger partial charge in [-0.1, -0.05) is 6.07 Å². The summed E-state index contributed by atoms with van der Waals surface area (Å²) < 4.78 is 18.5. The number of rotatable bonds is 4. The van der Waals surface area contributed by atoms with Gasteiger partial charge in [0.1, 0.15) is 0 Å². The Morgan fingerprint density at radius 2 is 2.05 bits per heavy atom. The van der Waals surface area contributed by atoms with Crippen LogP contribution < -0.4 is 4.74 Å². The maximum atomic E-state index is 13.6. The normalized spacial score (nSPS) is 11.6. The fourth-order valence-electron chi connectivity index (χ4n) is 1.89. The predicted octanol–water partition coefficient (Wildman–Crippen LogP) is 3.08. The molecule has 1 unspecified atom stereocenters. The van der Waals surface area contributed by atoms with Gasteiger partial charge in [-0.05, 0) is 41.8 Å². The maximum absolute atomic E-state index is 13.6. The van der Waals surface area contributed by atoms with Crippen molar-refractivity contribution in [2.45, 2.75) is 12.3 Å². The van der Waals surface area contributed by atoms with Crippen molar-refractivity contribution < 1.29 is 9.13 Å². The highest BCUT2D eigenvalue weighted by Crippen LogP contribution is 2.25. The standard InChI is InChI=1S/C15H13FN2O/c1-19-15-3-2-12(9-14(15)16)13(10-17)8-11-4-6-18-7-5-11/h2-7,9,13H,8H2,1H3. The number of aromatic nitrogens is 1. The minimum absolute atomic E-state index is 0.185. The van der Waals surface area contributed by atoms with Crippen LogP contribution in [0.5, 0.6) is 5.75 Å². The number of nitrogens with zero attached hydrogens (tertiary/aromatic N) is 2. The zero-order valence-corrected chi connectivity index (χ0v) is 10.5. The maximum Gasteiger partial charge on any atom is 0.165 e. The van der Waals surface area contributed by atoms with E-state index in [0.29, 0.717) is 12.0 Å². The fourth-order valence-corrected chi connectivity index (χ4v) is 1.89. The number of nitriles is 1. The number of hydrogen-bond acceptors (Lipinski definition) is 3. The van der Waals surface area contributed by atoms with Gasteiger partial charge in [-0.3, -0.25) is 4.98 Å². The molecule has 0 bridgehead atoms. The molecular formula is C15H13FN2O. The van der Waals surface area contributed by atoms with Crippen molar-refractivity contribution in [2.75, 3.05) is 7.11 Å². The van der Waals surface area contributed by atoms with Crippen LogP contribution in [0.15, 0.2) is 42.7 Å². The van der Waals surface area contributed by atoms with Gasteiger partial charge in [0.15, 0.2) is 11.6 Å². The number of ether oxygens (including phenoxy) is 1. The van der Waals surface area contributed by atoms with Crippen LogP contribution in [0.25, 0.3) is 0 Å². The molecule has 0 radical (unpaired) electrons. The van der Waals surface area contributed by atoms with Crippen LogP contribution in [0, 0.1) is 17.1 Å². The Morgan fingerprint density at radius 1 is 1.32 bits per heavy atom. The lowest BCUT2D eigenvalue weighted by Crippen LogP contribution is -2.02. The van der Waals surface area contributed by atoms with Gasteiger partial charge >= 0.3 is 0 Å². The SMILES string of the molecule is COc1ccc(C(C#N)Cc2ccncc2)cc1F. The summed E-state index contributed by atoms with van der Waals surface area (Å²) >= 11 is 0. The average molecular weight is 256 g/mol. The first-order chi connectivity index (χ1) is 9.24. The van der Waals surface area contributed by atoms with E-state index in [-0.39, 0.29) is 11.7 Å². The first-order valence-corrected chi connectivity index (χ1v) is 5.86. The Bertz CT molecular complexity index is 593. The van der Waals surface area contributed by atoms with Gasteiger partial charge in [-0.25, -0.2) is 4.39 Å². The van der Waals surface area contributed by atoms with E-state index in [2.05, 4.69) is 11.1 Å². The molecule has 1 aromatic carbocycles. The quantitative estimate of drug-likeness (QED) is 0.844. The molecule has 19 heavy (non-hydrogen) atoms. The summed E-state index contributed by atoms with van der Waals surface area (Å²) in [6.07, 6.45) is 3.89. The molecule has 0 saturated heterocycles. The highest BCUT2D eigenvalue weighted by atomic mass is 19.1. The second-order valence-corrected chi connectivity index (χ2v) is 4.14. The Balaban J connectivity index is 2.23. The number of methoxy groups -OCH3 is 1. The molecular weight excluding hydrogens is 243 g/mol. The summed E-state index contributed by atoms with van der Waals surface area (Å²) in [5.41, 5.74) is 1.65. The summed E-state index contributed by atoms with van der Waals surface area (Å²) in [4.78, 5) is 3.93. The third-order valence-electron chi connectivity index (χ3n) is 2.92. The summed E-state index contributed by atoms with van der Waals surface area (Å²) in [5, 5.41) is 9.24. The molecule has 1 atom stereocenters. The second-order valence-electron chi connectivity index (χ2n) is 4.14. The third kappa shape index (κ3) is 3.08.